The fourth-order valence-electron chi connectivity index (χ4n) is 2.41. The van der Waals surface area contributed by atoms with Gasteiger partial charge in [-0.1, -0.05) is 41.3 Å². The molecule has 0 spiro atoms. The fourth-order valence-corrected chi connectivity index (χ4v) is 4.01. The largest absolute Gasteiger partial charge is 0.382 e. The van der Waals surface area contributed by atoms with Crippen molar-refractivity contribution in [2.45, 2.75) is 31.5 Å². The Kier molecular flexibility index (Phi) is 9.89. The van der Waals surface area contributed by atoms with E-state index in [1.165, 1.54) is 23.1 Å². The van der Waals surface area contributed by atoms with Crippen LogP contribution in [-0.2, 0) is 14.3 Å². The predicted octanol–water partition coefficient (Wildman–Crippen LogP) is 2.84. The van der Waals surface area contributed by atoms with Gasteiger partial charge in [0, 0.05) is 25.4 Å². The number of rotatable bonds is 12. The van der Waals surface area contributed by atoms with Crippen LogP contribution in [0, 0.1) is 13.8 Å². The minimum absolute atomic E-state index is 0.0735. The number of amides is 2. The van der Waals surface area contributed by atoms with Crippen LogP contribution in [0.25, 0.3) is 0 Å². The van der Waals surface area contributed by atoms with Crippen molar-refractivity contribution in [2.75, 3.05) is 42.7 Å². The van der Waals surface area contributed by atoms with Gasteiger partial charge in [-0.3, -0.25) is 9.59 Å². The summed E-state index contributed by atoms with van der Waals surface area (Å²) < 4.78 is 5.98. The van der Waals surface area contributed by atoms with Crippen molar-refractivity contribution in [2.24, 2.45) is 0 Å². The molecule has 2 rings (SSSR count). The number of carbonyl (C=O) groups excluding carboxylic acids is 2. The highest BCUT2D eigenvalue weighted by Gasteiger charge is 2.11. The van der Waals surface area contributed by atoms with Crippen molar-refractivity contribution in [1.29, 1.82) is 0 Å². The van der Waals surface area contributed by atoms with Gasteiger partial charge in [-0.15, -0.1) is 10.2 Å². The molecule has 2 amide bonds. The topological polar surface area (TPSA) is 105 Å². The van der Waals surface area contributed by atoms with Gasteiger partial charge in [-0.05, 0) is 38.3 Å². The molecule has 2 aromatic rings. The van der Waals surface area contributed by atoms with Crippen LogP contribution in [0.2, 0.25) is 0 Å². The molecule has 0 saturated heterocycles. The highest BCUT2D eigenvalue weighted by atomic mass is 32.2. The average Bonchev–Trinajstić information content (AvgIpc) is 3.15. The molecule has 0 aliphatic rings. The summed E-state index contributed by atoms with van der Waals surface area (Å²) in [5.41, 5.74) is 2.76. The average molecular weight is 438 g/mol. The summed E-state index contributed by atoms with van der Waals surface area (Å²) in [4.78, 5) is 24.1. The second-order valence-electron chi connectivity index (χ2n) is 6.23. The first kappa shape index (κ1) is 23.1. The van der Waals surface area contributed by atoms with Crippen LogP contribution in [0.15, 0.2) is 22.5 Å². The van der Waals surface area contributed by atoms with Gasteiger partial charge in [-0.25, -0.2) is 0 Å². The number of aryl methyl sites for hydroxylation is 2. The molecule has 1 aromatic carbocycles. The second kappa shape index (κ2) is 12.4. The number of anilines is 2. The molecular weight excluding hydrogens is 410 g/mol. The zero-order valence-corrected chi connectivity index (χ0v) is 18.5. The Balaban J connectivity index is 1.66. The number of para-hydroxylation sites is 1. The van der Waals surface area contributed by atoms with E-state index in [0.29, 0.717) is 10.9 Å². The SMILES string of the molecule is CCOCCCNc1nnc(SCC(=O)NCC(=O)Nc2c(C)cccc2C)s1. The number of thioether (sulfide) groups is 1. The van der Waals surface area contributed by atoms with Gasteiger partial charge in [0.2, 0.25) is 16.9 Å². The Morgan fingerprint density at radius 3 is 2.66 bits per heavy atom. The highest BCUT2D eigenvalue weighted by Crippen LogP contribution is 2.25. The second-order valence-corrected chi connectivity index (χ2v) is 8.43. The minimum atomic E-state index is -0.254. The van der Waals surface area contributed by atoms with Gasteiger partial charge in [0.05, 0.1) is 12.3 Å². The molecule has 0 bridgehead atoms. The van der Waals surface area contributed by atoms with E-state index < -0.39 is 0 Å². The maximum atomic E-state index is 12.1. The Labute approximate surface area is 179 Å². The molecule has 29 heavy (non-hydrogen) atoms. The summed E-state index contributed by atoms with van der Waals surface area (Å²) in [5.74, 6) is -0.307. The maximum absolute atomic E-state index is 12.1. The lowest BCUT2D eigenvalue weighted by Crippen LogP contribution is -2.34. The molecule has 1 aromatic heterocycles. The first-order valence-corrected chi connectivity index (χ1v) is 11.2. The van der Waals surface area contributed by atoms with E-state index in [1.807, 2.05) is 39.0 Å². The standard InChI is InChI=1S/C19H27N5O3S2/c1-4-27-10-6-9-20-18-23-24-19(29-18)28-12-16(26)21-11-15(25)22-17-13(2)7-5-8-14(17)3/h5,7-8H,4,6,9-12H2,1-3H3,(H,20,23)(H,21,26)(H,22,25). The van der Waals surface area contributed by atoms with Gasteiger partial charge in [-0.2, -0.15) is 0 Å². The van der Waals surface area contributed by atoms with Crippen LogP contribution in [-0.4, -0.2) is 54.1 Å². The first-order valence-electron chi connectivity index (χ1n) is 9.40. The molecule has 0 atom stereocenters. The van der Waals surface area contributed by atoms with Crippen molar-refractivity contribution in [3.63, 3.8) is 0 Å². The lowest BCUT2D eigenvalue weighted by atomic mass is 10.1. The molecule has 0 aliphatic heterocycles. The quantitative estimate of drug-likeness (QED) is 0.346. The maximum Gasteiger partial charge on any atom is 0.243 e. The van der Waals surface area contributed by atoms with Crippen molar-refractivity contribution in [3.05, 3.63) is 29.3 Å². The van der Waals surface area contributed by atoms with Crippen molar-refractivity contribution in [3.8, 4) is 0 Å². The van der Waals surface area contributed by atoms with Crippen LogP contribution in [0.4, 0.5) is 10.8 Å². The lowest BCUT2D eigenvalue weighted by molar-refractivity contribution is -0.122. The number of aromatic nitrogens is 2. The zero-order chi connectivity index (χ0) is 21.1. The van der Waals surface area contributed by atoms with E-state index in [1.54, 1.807) is 0 Å². The first-order chi connectivity index (χ1) is 14.0. The van der Waals surface area contributed by atoms with Crippen LogP contribution in [0.1, 0.15) is 24.5 Å². The summed E-state index contributed by atoms with van der Waals surface area (Å²) in [6.07, 6.45) is 0.891. The predicted molar refractivity (Wildman–Crippen MR) is 118 cm³/mol. The normalized spacial score (nSPS) is 10.6. The Hall–Kier alpha value is -2.17. The Morgan fingerprint density at radius 2 is 1.93 bits per heavy atom. The molecule has 8 nitrogen and oxygen atoms in total. The molecule has 0 radical (unpaired) electrons. The van der Waals surface area contributed by atoms with E-state index >= 15 is 0 Å². The van der Waals surface area contributed by atoms with Gasteiger partial charge >= 0.3 is 0 Å². The number of hydrogen-bond donors (Lipinski definition) is 3. The van der Waals surface area contributed by atoms with Crippen molar-refractivity contribution in [1.82, 2.24) is 15.5 Å². The monoisotopic (exact) mass is 437 g/mol. The van der Waals surface area contributed by atoms with E-state index in [9.17, 15) is 9.59 Å². The van der Waals surface area contributed by atoms with Crippen LogP contribution < -0.4 is 16.0 Å². The van der Waals surface area contributed by atoms with Gasteiger partial charge in [0.1, 0.15) is 0 Å². The molecular formula is C19H27N5O3S2. The fraction of sp³-hybridized carbons (Fsp3) is 0.474. The van der Waals surface area contributed by atoms with E-state index in [-0.39, 0.29) is 24.1 Å². The summed E-state index contributed by atoms with van der Waals surface area (Å²) in [5, 5.41) is 17.5. The number of hydrogen-bond acceptors (Lipinski definition) is 8. The van der Waals surface area contributed by atoms with Crippen LogP contribution in [0.3, 0.4) is 0 Å². The third kappa shape index (κ3) is 8.38. The molecule has 0 unspecified atom stereocenters. The number of ether oxygens (including phenoxy) is 1. The smallest absolute Gasteiger partial charge is 0.243 e. The molecule has 0 aliphatic carbocycles. The Bertz CT molecular complexity index is 793. The van der Waals surface area contributed by atoms with Crippen molar-refractivity contribution >= 4 is 45.7 Å². The molecule has 0 fully saturated rings. The summed E-state index contributed by atoms with van der Waals surface area (Å²) in [6, 6.07) is 5.80. The molecule has 1 heterocycles. The molecule has 158 valence electrons. The lowest BCUT2D eigenvalue weighted by Gasteiger charge is -2.11. The Morgan fingerprint density at radius 1 is 1.17 bits per heavy atom. The zero-order valence-electron chi connectivity index (χ0n) is 16.9. The summed E-state index contributed by atoms with van der Waals surface area (Å²) in [7, 11) is 0. The van der Waals surface area contributed by atoms with Crippen LogP contribution in [0.5, 0.6) is 0 Å². The van der Waals surface area contributed by atoms with Crippen molar-refractivity contribution < 1.29 is 14.3 Å². The summed E-state index contributed by atoms with van der Waals surface area (Å²) >= 11 is 2.69. The number of benzene rings is 1. The third-order valence-corrected chi connectivity index (χ3v) is 5.88. The number of nitrogens with one attached hydrogen (secondary N) is 3. The molecule has 0 saturated carbocycles. The highest BCUT2D eigenvalue weighted by molar-refractivity contribution is 8.01. The van der Waals surface area contributed by atoms with E-state index in [0.717, 1.165) is 41.5 Å². The number of carbonyl (C=O) groups is 2. The number of nitrogens with zero attached hydrogens (tertiary/aromatic N) is 2. The molecule has 3 N–H and O–H groups in total. The third-order valence-electron chi connectivity index (χ3n) is 3.87. The van der Waals surface area contributed by atoms with Gasteiger partial charge in [0.25, 0.3) is 0 Å². The summed E-state index contributed by atoms with van der Waals surface area (Å²) in [6.45, 7) is 7.94. The van der Waals surface area contributed by atoms with Crippen LogP contribution >= 0.6 is 23.1 Å². The molecule has 10 heteroatoms. The van der Waals surface area contributed by atoms with Gasteiger partial charge in [0.15, 0.2) is 4.34 Å². The minimum Gasteiger partial charge on any atom is -0.382 e. The van der Waals surface area contributed by atoms with Gasteiger partial charge < -0.3 is 20.7 Å². The van der Waals surface area contributed by atoms with E-state index in [2.05, 4.69) is 26.1 Å². The van der Waals surface area contributed by atoms with E-state index in [4.69, 9.17) is 4.74 Å².